The van der Waals surface area contributed by atoms with Crippen molar-refractivity contribution in [1.29, 1.82) is 0 Å². The number of alkyl halides is 3. The van der Waals surface area contributed by atoms with E-state index in [2.05, 4.69) is 20.5 Å². The summed E-state index contributed by atoms with van der Waals surface area (Å²) in [7, 11) is 0. The molecule has 7 nitrogen and oxygen atoms in total. The molecule has 1 aliphatic heterocycles. The summed E-state index contributed by atoms with van der Waals surface area (Å²) in [6.45, 7) is 0.561. The van der Waals surface area contributed by atoms with E-state index in [9.17, 15) is 22.4 Å². The average Bonchev–Trinajstić information content (AvgIpc) is 3.51. The van der Waals surface area contributed by atoms with Gasteiger partial charge in [0.15, 0.2) is 11.6 Å². The molecule has 2 aliphatic rings. The molecule has 2 aromatic heterocycles. The van der Waals surface area contributed by atoms with Gasteiger partial charge in [0.2, 0.25) is 0 Å². The fourth-order valence-corrected chi connectivity index (χ4v) is 4.61. The predicted molar refractivity (Wildman–Crippen MR) is 106 cm³/mol. The molecule has 1 saturated carbocycles. The van der Waals surface area contributed by atoms with E-state index in [1.54, 1.807) is 29.2 Å². The van der Waals surface area contributed by atoms with Crippen molar-refractivity contribution in [3.8, 4) is 5.69 Å². The lowest BCUT2D eigenvalue weighted by Crippen LogP contribution is -2.48. The van der Waals surface area contributed by atoms with Gasteiger partial charge in [-0.1, -0.05) is 12.1 Å². The number of piperidine rings is 1. The largest absolute Gasteiger partial charge is 0.417 e. The van der Waals surface area contributed by atoms with Crippen LogP contribution in [0.25, 0.3) is 5.69 Å². The molecule has 32 heavy (non-hydrogen) atoms. The van der Waals surface area contributed by atoms with Crippen LogP contribution in [0.4, 0.5) is 23.4 Å². The van der Waals surface area contributed by atoms with E-state index in [0.29, 0.717) is 36.5 Å². The fraction of sp³-hybridized carbons (Fsp3) is 0.333. The Bertz CT molecular complexity index is 1150. The van der Waals surface area contributed by atoms with Gasteiger partial charge >= 0.3 is 6.18 Å². The first kappa shape index (κ1) is 20.4. The third-order valence-electron chi connectivity index (χ3n) is 6.00. The van der Waals surface area contributed by atoms with Crippen LogP contribution in [0.2, 0.25) is 0 Å². The molecule has 3 unspecified atom stereocenters. The number of hydrogen-bond acceptors (Lipinski definition) is 5. The van der Waals surface area contributed by atoms with Crippen molar-refractivity contribution in [2.45, 2.75) is 31.1 Å². The van der Waals surface area contributed by atoms with Crippen LogP contribution < -0.4 is 5.32 Å². The molecule has 3 heterocycles. The molecule has 2 bridgehead atoms. The number of aromatic nitrogens is 4. The van der Waals surface area contributed by atoms with Gasteiger partial charge in [0.25, 0.3) is 5.91 Å². The Balaban J connectivity index is 1.37. The molecule has 1 amide bonds. The Hall–Kier alpha value is -3.50. The molecule has 166 valence electrons. The lowest BCUT2D eigenvalue weighted by atomic mass is 10.0. The Labute approximate surface area is 180 Å². The molecule has 1 saturated heterocycles. The van der Waals surface area contributed by atoms with Gasteiger partial charge in [0.05, 0.1) is 35.2 Å². The van der Waals surface area contributed by atoms with E-state index in [-0.39, 0.29) is 29.7 Å². The van der Waals surface area contributed by atoms with Crippen molar-refractivity contribution >= 4 is 11.7 Å². The Morgan fingerprint density at radius 1 is 1.12 bits per heavy atom. The first-order valence-electron chi connectivity index (χ1n) is 10.1. The van der Waals surface area contributed by atoms with E-state index < -0.39 is 17.6 Å². The van der Waals surface area contributed by atoms with Crippen LogP contribution in [0.15, 0.2) is 48.9 Å². The van der Waals surface area contributed by atoms with Gasteiger partial charge in [-0.3, -0.25) is 4.79 Å². The molecule has 1 N–H and O–H groups in total. The number of anilines is 1. The Kier molecular flexibility index (Phi) is 4.83. The molecule has 3 aromatic rings. The van der Waals surface area contributed by atoms with Crippen LogP contribution in [0, 0.1) is 11.7 Å². The summed E-state index contributed by atoms with van der Waals surface area (Å²) < 4.78 is 52.6. The van der Waals surface area contributed by atoms with Crippen LogP contribution in [0.1, 0.15) is 28.8 Å². The molecular weight excluding hydrogens is 428 g/mol. The maximum atomic E-state index is 14.3. The molecule has 11 heteroatoms. The van der Waals surface area contributed by atoms with Crippen LogP contribution in [-0.2, 0) is 6.18 Å². The van der Waals surface area contributed by atoms with Crippen molar-refractivity contribution in [2.24, 2.45) is 5.92 Å². The summed E-state index contributed by atoms with van der Waals surface area (Å²) in [6.07, 6.45) is 0.385. The van der Waals surface area contributed by atoms with Crippen LogP contribution in [0.3, 0.4) is 0 Å². The average molecular weight is 446 g/mol. The highest BCUT2D eigenvalue weighted by atomic mass is 19.4. The molecule has 0 spiro atoms. The number of pyridine rings is 1. The van der Waals surface area contributed by atoms with Gasteiger partial charge in [-0.05, 0) is 37.0 Å². The number of nitrogens with zero attached hydrogens (tertiary/aromatic N) is 5. The smallest absolute Gasteiger partial charge is 0.363 e. The number of carbonyl (C=O) groups excluding carboxylic acids is 1. The van der Waals surface area contributed by atoms with Gasteiger partial charge in [-0.15, -0.1) is 0 Å². The number of nitrogens with one attached hydrogen (secondary N) is 1. The number of benzene rings is 1. The van der Waals surface area contributed by atoms with Crippen molar-refractivity contribution in [3.05, 3.63) is 65.9 Å². The molecule has 1 aliphatic carbocycles. The monoisotopic (exact) mass is 446 g/mol. The topological polar surface area (TPSA) is 75.9 Å². The summed E-state index contributed by atoms with van der Waals surface area (Å²) in [5, 5.41) is 11.1. The number of para-hydroxylation sites is 1. The van der Waals surface area contributed by atoms with Gasteiger partial charge in [-0.25, -0.2) is 9.37 Å². The zero-order chi connectivity index (χ0) is 22.5. The molecule has 1 aromatic carbocycles. The molecule has 3 atom stereocenters. The van der Waals surface area contributed by atoms with Crippen LogP contribution in [0.5, 0.6) is 0 Å². The lowest BCUT2D eigenvalue weighted by Gasteiger charge is -2.34. The third-order valence-corrected chi connectivity index (χ3v) is 6.00. The predicted octanol–water partition coefficient (Wildman–Crippen LogP) is 3.54. The summed E-state index contributed by atoms with van der Waals surface area (Å²) in [5.74, 6) is -1.30. The zero-order valence-electron chi connectivity index (χ0n) is 16.6. The minimum Gasteiger partial charge on any atom is -0.363 e. The van der Waals surface area contributed by atoms with Crippen LogP contribution >= 0.6 is 0 Å². The number of rotatable bonds is 4. The highest BCUT2D eigenvalue weighted by Crippen LogP contribution is 2.40. The minimum absolute atomic E-state index is 0.197. The van der Waals surface area contributed by atoms with Crippen molar-refractivity contribution in [3.63, 3.8) is 0 Å². The minimum atomic E-state index is -4.67. The third kappa shape index (κ3) is 3.57. The maximum absolute atomic E-state index is 14.3. The van der Waals surface area contributed by atoms with Gasteiger partial charge < -0.3 is 10.2 Å². The van der Waals surface area contributed by atoms with Crippen LogP contribution in [-0.4, -0.2) is 49.4 Å². The SMILES string of the molecule is O=C(c1ccccc1-n1nccn1)N1CC2CC(Nc3ncc(C(F)(F)F)cc3F)C1C2. The van der Waals surface area contributed by atoms with Crippen molar-refractivity contribution in [1.82, 2.24) is 24.9 Å². The number of likely N-dealkylation sites (tertiary alicyclic amines) is 1. The van der Waals surface area contributed by atoms with E-state index >= 15 is 0 Å². The van der Waals surface area contributed by atoms with E-state index in [0.717, 1.165) is 6.42 Å². The molecule has 0 radical (unpaired) electrons. The first-order chi connectivity index (χ1) is 15.3. The summed E-state index contributed by atoms with van der Waals surface area (Å²) in [4.78, 5) is 20.1. The molecule has 5 rings (SSSR count). The normalized spacial score (nSPS) is 22.4. The van der Waals surface area contributed by atoms with Gasteiger partial charge in [-0.2, -0.15) is 28.2 Å². The van der Waals surface area contributed by atoms with Gasteiger partial charge in [0.1, 0.15) is 0 Å². The summed E-state index contributed by atoms with van der Waals surface area (Å²) in [5.41, 5.74) is -0.159. The number of hydrogen-bond donors (Lipinski definition) is 1. The lowest BCUT2D eigenvalue weighted by molar-refractivity contribution is -0.138. The molecule has 2 fully saturated rings. The number of halogens is 4. The standard InChI is InChI=1S/C21H18F4N6O/c22-15-9-13(21(23,24)25)10-26-19(15)29-16-7-12-8-18(16)30(11-12)20(32)14-3-1-2-4-17(14)31-27-5-6-28-31/h1-6,9-10,12,16,18H,7-8,11H2,(H,26,29). The maximum Gasteiger partial charge on any atom is 0.417 e. The first-order valence-corrected chi connectivity index (χ1v) is 10.1. The van der Waals surface area contributed by atoms with E-state index in [4.69, 9.17) is 0 Å². The fourth-order valence-electron chi connectivity index (χ4n) is 4.61. The van der Waals surface area contributed by atoms with E-state index in [1.807, 2.05) is 0 Å². The number of carbonyl (C=O) groups is 1. The summed E-state index contributed by atoms with van der Waals surface area (Å²) in [6, 6.07) is 6.88. The highest BCUT2D eigenvalue weighted by molar-refractivity contribution is 5.98. The van der Waals surface area contributed by atoms with Gasteiger partial charge in [0, 0.05) is 18.8 Å². The zero-order valence-corrected chi connectivity index (χ0v) is 16.6. The molecular formula is C21H18F4N6O. The highest BCUT2D eigenvalue weighted by Gasteiger charge is 2.47. The second-order valence-electron chi connectivity index (χ2n) is 8.00. The second kappa shape index (κ2) is 7.57. The van der Waals surface area contributed by atoms with Crippen molar-refractivity contribution < 1.29 is 22.4 Å². The Morgan fingerprint density at radius 3 is 2.56 bits per heavy atom. The van der Waals surface area contributed by atoms with E-state index in [1.165, 1.54) is 17.2 Å². The number of fused-ring (bicyclic) bond motifs is 2. The second-order valence-corrected chi connectivity index (χ2v) is 8.00. The van der Waals surface area contributed by atoms with Crippen molar-refractivity contribution in [2.75, 3.05) is 11.9 Å². The Morgan fingerprint density at radius 2 is 1.88 bits per heavy atom. The summed E-state index contributed by atoms with van der Waals surface area (Å²) >= 11 is 0. The quantitative estimate of drug-likeness (QED) is 0.621. The number of amides is 1.